The summed E-state index contributed by atoms with van der Waals surface area (Å²) in [6, 6.07) is 6.20. The van der Waals surface area contributed by atoms with Gasteiger partial charge in [0.05, 0.1) is 11.7 Å². The van der Waals surface area contributed by atoms with Gasteiger partial charge in [0.25, 0.3) is 5.56 Å². The number of nitrogens with zero attached hydrogens (tertiary/aromatic N) is 2. The number of amides is 1. The highest BCUT2D eigenvalue weighted by atomic mass is 32.1. The molecule has 1 N–H and O–H groups in total. The molecule has 0 spiro atoms. The summed E-state index contributed by atoms with van der Waals surface area (Å²) in [5.41, 5.74) is 1.94. The minimum Gasteiger partial charge on any atom is -0.354 e. The first-order valence-electron chi connectivity index (χ1n) is 9.52. The van der Waals surface area contributed by atoms with Crippen LogP contribution in [0, 0.1) is 11.7 Å². The van der Waals surface area contributed by atoms with Crippen LogP contribution < -0.4 is 10.9 Å². The summed E-state index contributed by atoms with van der Waals surface area (Å²) in [5.74, 6) is 0.123. The van der Waals surface area contributed by atoms with Crippen LogP contribution in [0.3, 0.4) is 0 Å². The van der Waals surface area contributed by atoms with Crippen molar-refractivity contribution >= 4 is 27.5 Å². The molecule has 0 unspecified atom stereocenters. The van der Waals surface area contributed by atoms with Gasteiger partial charge in [0, 0.05) is 11.4 Å². The molecule has 7 heteroatoms. The van der Waals surface area contributed by atoms with Crippen molar-refractivity contribution in [1.29, 1.82) is 0 Å². The zero-order chi connectivity index (χ0) is 19.7. The van der Waals surface area contributed by atoms with Crippen LogP contribution >= 0.6 is 11.3 Å². The van der Waals surface area contributed by atoms with E-state index in [0.717, 1.165) is 35.2 Å². The van der Waals surface area contributed by atoms with E-state index in [9.17, 15) is 14.0 Å². The number of carbonyl (C=O) groups is 1. The third-order valence-corrected chi connectivity index (χ3v) is 6.41. The second kappa shape index (κ2) is 7.83. The lowest BCUT2D eigenvalue weighted by atomic mass is 9.89. The number of aromatic nitrogens is 2. The molecule has 0 fully saturated rings. The van der Waals surface area contributed by atoms with E-state index >= 15 is 0 Å². The van der Waals surface area contributed by atoms with Crippen molar-refractivity contribution in [1.82, 2.24) is 14.9 Å². The van der Waals surface area contributed by atoms with Crippen molar-refractivity contribution in [3.63, 3.8) is 0 Å². The van der Waals surface area contributed by atoms with Crippen LogP contribution in [0.4, 0.5) is 4.39 Å². The molecule has 0 saturated heterocycles. The highest BCUT2D eigenvalue weighted by molar-refractivity contribution is 7.18. The van der Waals surface area contributed by atoms with Crippen molar-refractivity contribution in [3.05, 3.63) is 62.8 Å². The van der Waals surface area contributed by atoms with E-state index in [0.29, 0.717) is 24.3 Å². The number of hydrogen-bond acceptors (Lipinski definition) is 4. The number of halogens is 1. The lowest BCUT2D eigenvalue weighted by molar-refractivity contribution is -0.121. The van der Waals surface area contributed by atoms with Crippen LogP contribution in [0.5, 0.6) is 0 Å². The summed E-state index contributed by atoms with van der Waals surface area (Å²) in [4.78, 5) is 31.6. The Bertz CT molecular complexity index is 1070. The smallest absolute Gasteiger partial charge is 0.262 e. The van der Waals surface area contributed by atoms with E-state index in [2.05, 4.69) is 17.2 Å². The molecular weight excluding hydrogens is 377 g/mol. The number of hydrogen-bond donors (Lipinski definition) is 1. The quantitative estimate of drug-likeness (QED) is 0.717. The molecule has 5 nitrogen and oxygen atoms in total. The van der Waals surface area contributed by atoms with E-state index in [1.807, 2.05) is 0 Å². The number of fused-ring (bicyclic) bond motifs is 3. The molecule has 0 saturated carbocycles. The summed E-state index contributed by atoms with van der Waals surface area (Å²) in [5, 5.41) is 3.50. The van der Waals surface area contributed by atoms with Gasteiger partial charge in [0.15, 0.2) is 0 Å². The average Bonchev–Trinajstić information content (AvgIpc) is 3.04. The Kier molecular flexibility index (Phi) is 5.26. The Labute approximate surface area is 166 Å². The van der Waals surface area contributed by atoms with E-state index in [4.69, 9.17) is 0 Å². The normalized spacial score (nSPS) is 16.1. The zero-order valence-corrected chi connectivity index (χ0v) is 16.5. The Morgan fingerprint density at radius 3 is 2.93 bits per heavy atom. The second-order valence-corrected chi connectivity index (χ2v) is 8.52. The average molecular weight is 399 g/mol. The van der Waals surface area contributed by atoms with Gasteiger partial charge in [0.2, 0.25) is 5.91 Å². The number of thiophene rings is 1. The highest BCUT2D eigenvalue weighted by Gasteiger charge is 2.23. The molecule has 4 rings (SSSR count). The first-order chi connectivity index (χ1) is 13.5. The molecule has 0 bridgehead atoms. The van der Waals surface area contributed by atoms with Crippen molar-refractivity contribution in [3.8, 4) is 0 Å². The minimum atomic E-state index is -0.278. The molecule has 3 aromatic rings. The molecule has 1 amide bonds. The predicted molar refractivity (Wildman–Crippen MR) is 108 cm³/mol. The van der Waals surface area contributed by atoms with Gasteiger partial charge in [-0.2, -0.15) is 0 Å². The van der Waals surface area contributed by atoms with Gasteiger partial charge in [-0.05, 0) is 54.9 Å². The summed E-state index contributed by atoms with van der Waals surface area (Å²) < 4.78 is 14.3. The van der Waals surface area contributed by atoms with Gasteiger partial charge < -0.3 is 5.32 Å². The maximum Gasteiger partial charge on any atom is 0.262 e. The fourth-order valence-electron chi connectivity index (χ4n) is 3.69. The Morgan fingerprint density at radius 2 is 2.14 bits per heavy atom. The van der Waals surface area contributed by atoms with Crippen LogP contribution in [0.15, 0.2) is 35.4 Å². The maximum atomic E-state index is 12.9. The molecule has 2 aromatic heterocycles. The first-order valence-corrected chi connectivity index (χ1v) is 10.3. The van der Waals surface area contributed by atoms with Crippen molar-refractivity contribution in [2.75, 3.05) is 6.54 Å². The van der Waals surface area contributed by atoms with Crippen molar-refractivity contribution in [2.24, 2.45) is 5.92 Å². The summed E-state index contributed by atoms with van der Waals surface area (Å²) in [6.45, 7) is 2.61. The Balaban J connectivity index is 1.44. The van der Waals surface area contributed by atoms with Gasteiger partial charge in [-0.25, -0.2) is 9.37 Å². The number of carbonyl (C=O) groups excluding carboxylic acids is 1. The maximum absolute atomic E-state index is 12.9. The molecule has 1 atom stereocenters. The Hall–Kier alpha value is -2.54. The standard InChI is InChI=1S/C21H22FN3O2S/c1-13-2-7-16-17(10-13)28-20-19(16)21(27)25(12-24-20)11-18(26)23-9-8-14-3-5-15(22)6-4-14/h3-6,12-13H,2,7-11H2,1H3,(H,23,26)/t13-/m0/s1. The van der Waals surface area contributed by atoms with E-state index in [1.165, 1.54) is 27.9 Å². The lowest BCUT2D eigenvalue weighted by Crippen LogP contribution is -2.33. The summed E-state index contributed by atoms with van der Waals surface area (Å²) in [6.07, 6.45) is 5.06. The predicted octanol–water partition coefficient (Wildman–Crippen LogP) is 3.08. The third-order valence-electron chi connectivity index (χ3n) is 5.25. The lowest BCUT2D eigenvalue weighted by Gasteiger charge is -2.17. The fraction of sp³-hybridized carbons (Fsp3) is 0.381. The van der Waals surface area contributed by atoms with Crippen LogP contribution in [0.25, 0.3) is 10.2 Å². The van der Waals surface area contributed by atoms with Gasteiger partial charge in [-0.3, -0.25) is 14.2 Å². The van der Waals surface area contributed by atoms with E-state index in [1.54, 1.807) is 23.5 Å². The zero-order valence-electron chi connectivity index (χ0n) is 15.7. The van der Waals surface area contributed by atoms with Crippen LogP contribution in [0.1, 0.15) is 29.3 Å². The van der Waals surface area contributed by atoms with Crippen LogP contribution in [-0.2, 0) is 30.6 Å². The summed E-state index contributed by atoms with van der Waals surface area (Å²) in [7, 11) is 0. The first kappa shape index (κ1) is 18.8. The van der Waals surface area contributed by atoms with Crippen molar-refractivity contribution in [2.45, 2.75) is 39.2 Å². The fourth-order valence-corrected chi connectivity index (χ4v) is 5.03. The molecule has 0 radical (unpaired) electrons. The molecule has 1 aliphatic rings. The minimum absolute atomic E-state index is 0.0494. The third kappa shape index (κ3) is 3.85. The Morgan fingerprint density at radius 1 is 1.36 bits per heavy atom. The number of nitrogens with one attached hydrogen (secondary N) is 1. The molecule has 0 aliphatic heterocycles. The monoisotopic (exact) mass is 399 g/mol. The molecule has 1 aliphatic carbocycles. The van der Waals surface area contributed by atoms with Crippen molar-refractivity contribution < 1.29 is 9.18 Å². The van der Waals surface area contributed by atoms with E-state index < -0.39 is 0 Å². The van der Waals surface area contributed by atoms with E-state index in [-0.39, 0.29) is 23.8 Å². The largest absolute Gasteiger partial charge is 0.354 e. The topological polar surface area (TPSA) is 64.0 Å². The van der Waals surface area contributed by atoms with Gasteiger partial charge in [0.1, 0.15) is 17.2 Å². The number of benzene rings is 1. The molecule has 2 heterocycles. The number of aryl methyl sites for hydroxylation is 1. The molecular formula is C21H22FN3O2S. The van der Waals surface area contributed by atoms with Gasteiger partial charge >= 0.3 is 0 Å². The van der Waals surface area contributed by atoms with Gasteiger partial charge in [-0.15, -0.1) is 11.3 Å². The van der Waals surface area contributed by atoms with Crippen LogP contribution in [0.2, 0.25) is 0 Å². The molecule has 146 valence electrons. The molecule has 28 heavy (non-hydrogen) atoms. The SMILES string of the molecule is C[C@H]1CCc2c(sc3ncn(CC(=O)NCCc4ccc(F)cc4)c(=O)c23)C1. The van der Waals surface area contributed by atoms with Crippen LogP contribution in [-0.4, -0.2) is 22.0 Å². The summed E-state index contributed by atoms with van der Waals surface area (Å²) >= 11 is 1.61. The van der Waals surface area contributed by atoms with Gasteiger partial charge in [-0.1, -0.05) is 19.1 Å². The molecule has 1 aromatic carbocycles. The number of rotatable bonds is 5. The second-order valence-electron chi connectivity index (χ2n) is 7.44. The highest BCUT2D eigenvalue weighted by Crippen LogP contribution is 2.35.